The average Bonchev–Trinajstić information content (AvgIpc) is 3.13. The van der Waals surface area contributed by atoms with Gasteiger partial charge >= 0.3 is 5.69 Å². The molecular formula is C29H48N2O7Si2. The van der Waals surface area contributed by atoms with E-state index in [0.29, 0.717) is 0 Å². The molecule has 224 valence electrons. The molecule has 2 aromatic rings. The van der Waals surface area contributed by atoms with Gasteiger partial charge in [-0.1, -0.05) is 71.9 Å². The minimum Gasteiger partial charge on any atom is -0.414 e. The molecule has 0 radical (unpaired) electrons. The fraction of sp³-hybridized carbons (Fsp3) is 0.655. The van der Waals surface area contributed by atoms with Crippen molar-refractivity contribution < 1.29 is 23.4 Å². The zero-order valence-electron chi connectivity index (χ0n) is 25.8. The fourth-order valence-corrected chi connectivity index (χ4v) is 6.21. The summed E-state index contributed by atoms with van der Waals surface area (Å²) in [6.45, 7) is 21.5. The van der Waals surface area contributed by atoms with Crippen molar-refractivity contribution >= 4 is 16.6 Å². The van der Waals surface area contributed by atoms with Crippen LogP contribution < -0.4 is 11.2 Å². The number of hydrogen-bond acceptors (Lipinski definition) is 7. The van der Waals surface area contributed by atoms with Crippen molar-refractivity contribution in [1.29, 1.82) is 0 Å². The molecule has 0 spiro atoms. The lowest BCUT2D eigenvalue weighted by molar-refractivity contribution is -0.0531. The first kappa shape index (κ1) is 32.6. The maximum absolute atomic E-state index is 13.6. The molecule has 40 heavy (non-hydrogen) atoms. The van der Waals surface area contributed by atoms with Crippen molar-refractivity contribution in [1.82, 2.24) is 9.13 Å². The molecule has 1 fully saturated rings. The van der Waals surface area contributed by atoms with E-state index in [9.17, 15) is 14.7 Å². The van der Waals surface area contributed by atoms with Gasteiger partial charge < -0.3 is 23.4 Å². The topological polar surface area (TPSA) is 101 Å². The number of nitrogens with zero attached hydrogens (tertiary/aromatic N) is 2. The van der Waals surface area contributed by atoms with Crippen LogP contribution in [0.2, 0.25) is 36.3 Å². The minimum atomic E-state index is -2.39. The van der Waals surface area contributed by atoms with Crippen molar-refractivity contribution in [2.24, 2.45) is 0 Å². The summed E-state index contributed by atoms with van der Waals surface area (Å²) in [5, 5.41) is 11.3. The minimum absolute atomic E-state index is 0.0147. The molecule has 0 bridgehead atoms. The molecule has 1 N–H and O–H groups in total. The average molecular weight is 593 g/mol. The van der Waals surface area contributed by atoms with Gasteiger partial charge in [0, 0.05) is 12.3 Å². The molecule has 9 nitrogen and oxygen atoms in total. The Morgan fingerprint density at radius 3 is 2.10 bits per heavy atom. The number of aromatic nitrogens is 2. The third-order valence-electron chi connectivity index (χ3n) is 8.67. The van der Waals surface area contributed by atoms with Crippen LogP contribution in [0.25, 0.3) is 0 Å². The Balaban J connectivity index is 1.92. The number of ether oxygens (including phenoxy) is 2. The first-order valence-corrected chi connectivity index (χ1v) is 19.8. The number of benzene rings is 1. The predicted octanol–water partition coefficient (Wildman–Crippen LogP) is 4.85. The molecule has 1 saturated heterocycles. The highest BCUT2D eigenvalue weighted by atomic mass is 28.4. The van der Waals surface area contributed by atoms with Gasteiger partial charge in [-0.05, 0) is 41.8 Å². The second kappa shape index (κ2) is 12.2. The first-order chi connectivity index (χ1) is 18.4. The van der Waals surface area contributed by atoms with Crippen LogP contribution in [-0.4, -0.2) is 55.8 Å². The normalized spacial score (nSPS) is 22.6. The lowest BCUT2D eigenvalue weighted by Crippen LogP contribution is -2.50. The smallest absolute Gasteiger partial charge is 0.335 e. The lowest BCUT2D eigenvalue weighted by atomic mass is 10.1. The maximum Gasteiger partial charge on any atom is 0.335 e. The molecule has 0 amide bonds. The van der Waals surface area contributed by atoms with Gasteiger partial charge in [0.2, 0.25) is 0 Å². The second-order valence-electron chi connectivity index (χ2n) is 13.7. The largest absolute Gasteiger partial charge is 0.414 e. The van der Waals surface area contributed by atoms with E-state index in [1.54, 1.807) is 0 Å². The van der Waals surface area contributed by atoms with Gasteiger partial charge in [-0.25, -0.2) is 9.36 Å². The molecule has 4 atom stereocenters. The van der Waals surface area contributed by atoms with Crippen LogP contribution in [0.1, 0.15) is 53.3 Å². The molecule has 1 aliphatic rings. The monoisotopic (exact) mass is 592 g/mol. The van der Waals surface area contributed by atoms with Crippen molar-refractivity contribution in [3.05, 3.63) is 69.0 Å². The second-order valence-corrected chi connectivity index (χ2v) is 23.3. The summed E-state index contributed by atoms with van der Waals surface area (Å²) < 4.78 is 27.5. The van der Waals surface area contributed by atoms with E-state index >= 15 is 0 Å². The van der Waals surface area contributed by atoms with Crippen LogP contribution in [0.3, 0.4) is 0 Å². The first-order valence-electron chi connectivity index (χ1n) is 13.9. The van der Waals surface area contributed by atoms with Gasteiger partial charge in [0.25, 0.3) is 5.56 Å². The van der Waals surface area contributed by atoms with Gasteiger partial charge in [0.1, 0.15) is 25.0 Å². The SMILES string of the molecule is CC(C)(C)[Si](C)(C)OC[C@H]1O[C@@H](n2ccc(=O)n(COCc3ccccc3)c2=O)[C@H](O[Si](C)(C)C(C)(C)C)[C@@H]1O. The van der Waals surface area contributed by atoms with Crippen molar-refractivity contribution in [2.75, 3.05) is 6.61 Å². The summed E-state index contributed by atoms with van der Waals surface area (Å²) in [6, 6.07) is 10.8. The van der Waals surface area contributed by atoms with Crippen LogP contribution in [0.5, 0.6) is 0 Å². The molecule has 2 heterocycles. The Morgan fingerprint density at radius 1 is 0.925 bits per heavy atom. The van der Waals surface area contributed by atoms with Crippen LogP contribution in [0.15, 0.2) is 52.2 Å². The molecule has 3 rings (SSSR count). The predicted molar refractivity (Wildman–Crippen MR) is 161 cm³/mol. The summed E-state index contributed by atoms with van der Waals surface area (Å²) in [5.41, 5.74) is -0.137. The van der Waals surface area contributed by atoms with Crippen LogP contribution in [0.4, 0.5) is 0 Å². The van der Waals surface area contributed by atoms with Crippen LogP contribution in [-0.2, 0) is 31.7 Å². The summed E-state index contributed by atoms with van der Waals surface area (Å²) in [5.74, 6) is 0. The third-order valence-corrected chi connectivity index (χ3v) is 17.6. The fourth-order valence-electron chi connectivity index (χ4n) is 3.90. The van der Waals surface area contributed by atoms with Crippen molar-refractivity contribution in [3.8, 4) is 0 Å². The van der Waals surface area contributed by atoms with Gasteiger partial charge in [0.05, 0.1) is 13.2 Å². The molecule has 11 heteroatoms. The van der Waals surface area contributed by atoms with Crippen LogP contribution in [0, 0.1) is 0 Å². The summed E-state index contributed by atoms with van der Waals surface area (Å²) >= 11 is 0. The standard InChI is InChI=1S/C29H48N2O7Si2/c1-28(2,3)39(7,8)36-19-22-24(33)25(38-40(9,10)29(4,5)6)26(37-22)30-17-16-23(32)31(27(30)34)20-35-18-21-14-12-11-13-15-21/h11-17,22,24-26,33H,18-20H2,1-10H3/t22-,24-,25-,26-/m1/s1. The summed E-state index contributed by atoms with van der Waals surface area (Å²) in [4.78, 5) is 26.3. The Hall–Kier alpha value is -1.87. The van der Waals surface area contributed by atoms with E-state index in [4.69, 9.17) is 18.3 Å². The highest BCUT2D eigenvalue weighted by Crippen LogP contribution is 2.42. The molecular weight excluding hydrogens is 544 g/mol. The summed E-state index contributed by atoms with van der Waals surface area (Å²) in [7, 11) is -4.51. The van der Waals surface area contributed by atoms with Gasteiger partial charge in [-0.2, -0.15) is 0 Å². The molecule has 0 unspecified atom stereocenters. The number of rotatable bonds is 10. The number of aliphatic hydroxyl groups is 1. The molecule has 1 aromatic carbocycles. The molecule has 0 aliphatic carbocycles. The Labute approximate surface area is 240 Å². The van der Waals surface area contributed by atoms with E-state index in [0.717, 1.165) is 10.1 Å². The van der Waals surface area contributed by atoms with E-state index in [-0.39, 0.29) is 30.0 Å². The highest BCUT2D eigenvalue weighted by Gasteiger charge is 2.51. The molecule has 0 saturated carbocycles. The molecule has 1 aromatic heterocycles. The number of aliphatic hydroxyl groups excluding tert-OH is 1. The van der Waals surface area contributed by atoms with Crippen LogP contribution >= 0.6 is 0 Å². The molecule has 1 aliphatic heterocycles. The lowest BCUT2D eigenvalue weighted by Gasteiger charge is -2.40. The Kier molecular flexibility index (Phi) is 9.93. The van der Waals surface area contributed by atoms with Crippen molar-refractivity contribution in [2.45, 2.75) is 116 Å². The van der Waals surface area contributed by atoms with E-state index in [2.05, 4.69) is 67.7 Å². The van der Waals surface area contributed by atoms with E-state index in [1.807, 2.05) is 30.3 Å². The van der Waals surface area contributed by atoms with E-state index in [1.165, 1.54) is 16.8 Å². The number of hydrogen-bond donors (Lipinski definition) is 1. The third kappa shape index (κ3) is 7.31. The quantitative estimate of drug-likeness (QED) is 0.394. The Bertz CT molecular complexity index is 1250. The zero-order chi connectivity index (χ0) is 30.1. The van der Waals surface area contributed by atoms with Gasteiger partial charge in [-0.15, -0.1) is 0 Å². The Morgan fingerprint density at radius 2 is 1.52 bits per heavy atom. The zero-order valence-corrected chi connectivity index (χ0v) is 27.8. The van der Waals surface area contributed by atoms with Gasteiger partial charge in [-0.3, -0.25) is 9.36 Å². The van der Waals surface area contributed by atoms with E-state index < -0.39 is 52.4 Å². The van der Waals surface area contributed by atoms with Crippen molar-refractivity contribution in [3.63, 3.8) is 0 Å². The maximum atomic E-state index is 13.6. The van der Waals surface area contributed by atoms with Gasteiger partial charge in [0.15, 0.2) is 22.9 Å². The summed E-state index contributed by atoms with van der Waals surface area (Å²) in [6.07, 6.45) is -2.07. The highest BCUT2D eigenvalue weighted by molar-refractivity contribution is 6.74.